The van der Waals surface area contributed by atoms with E-state index in [9.17, 15) is 14.4 Å². The molecule has 1 amide bonds. The third-order valence-electron chi connectivity index (χ3n) is 6.90. The maximum atomic E-state index is 13.1. The highest BCUT2D eigenvalue weighted by atomic mass is 16.6. The molecule has 5 rings (SSSR count). The molecule has 1 saturated heterocycles. The molecule has 1 fully saturated rings. The van der Waals surface area contributed by atoms with Gasteiger partial charge in [-0.15, -0.1) is 0 Å². The Labute approximate surface area is 239 Å². The zero-order valence-corrected chi connectivity index (χ0v) is 23.8. The molecule has 9 nitrogen and oxygen atoms in total. The quantitative estimate of drug-likeness (QED) is 0.287. The van der Waals surface area contributed by atoms with Gasteiger partial charge in [0.2, 0.25) is 17.4 Å². The number of esters is 2. The Bertz CT molecular complexity index is 1360. The van der Waals surface area contributed by atoms with Crippen LogP contribution in [0.25, 0.3) is 0 Å². The third-order valence-corrected chi connectivity index (χ3v) is 6.90. The number of rotatable bonds is 8. The van der Waals surface area contributed by atoms with Crippen LogP contribution in [-0.4, -0.2) is 63.3 Å². The number of morpholine rings is 1. The van der Waals surface area contributed by atoms with E-state index in [0.29, 0.717) is 26.3 Å². The van der Waals surface area contributed by atoms with Crippen LogP contribution in [0.15, 0.2) is 60.7 Å². The van der Waals surface area contributed by atoms with Gasteiger partial charge in [-0.25, -0.2) is 4.79 Å². The first-order chi connectivity index (χ1) is 19.8. The molecule has 216 valence electrons. The highest BCUT2D eigenvalue weighted by Gasteiger charge is 2.34. The molecule has 3 aromatic carbocycles. The number of ether oxygens (including phenoxy) is 5. The summed E-state index contributed by atoms with van der Waals surface area (Å²) in [6, 6.07) is 20.2. The minimum Gasteiger partial charge on any atom is -0.490 e. The minimum absolute atomic E-state index is 0.0168. The molecule has 1 atom stereocenters. The monoisotopic (exact) mass is 561 g/mol. The van der Waals surface area contributed by atoms with Gasteiger partial charge in [-0.1, -0.05) is 60.2 Å². The van der Waals surface area contributed by atoms with Crippen molar-refractivity contribution < 1.29 is 38.1 Å². The van der Waals surface area contributed by atoms with Gasteiger partial charge in [0, 0.05) is 26.1 Å². The van der Waals surface area contributed by atoms with E-state index in [-0.39, 0.29) is 40.4 Å². The van der Waals surface area contributed by atoms with Crippen LogP contribution >= 0.6 is 0 Å². The van der Waals surface area contributed by atoms with Crippen LogP contribution in [0.1, 0.15) is 46.3 Å². The van der Waals surface area contributed by atoms with E-state index < -0.39 is 11.9 Å². The molecule has 0 saturated carbocycles. The SMILES string of the molecule is COc1c2cc(c(OC(C)=O)c1OC)C(=O)O2.Cc1ccc(C(CCc2ccccc2)C(=O)N2CCOCC2)cc1. The molecule has 2 aliphatic rings. The van der Waals surface area contributed by atoms with Gasteiger partial charge in [-0.05, 0) is 30.9 Å². The summed E-state index contributed by atoms with van der Waals surface area (Å²) < 4.78 is 25.4. The molecule has 0 spiro atoms. The summed E-state index contributed by atoms with van der Waals surface area (Å²) >= 11 is 0. The van der Waals surface area contributed by atoms with Gasteiger partial charge in [-0.2, -0.15) is 0 Å². The van der Waals surface area contributed by atoms with E-state index in [1.54, 1.807) is 0 Å². The lowest BCUT2D eigenvalue weighted by atomic mass is 9.90. The van der Waals surface area contributed by atoms with Crippen molar-refractivity contribution in [2.75, 3.05) is 40.5 Å². The van der Waals surface area contributed by atoms with Crippen molar-refractivity contribution in [1.82, 2.24) is 4.90 Å². The molecule has 2 heterocycles. The Morgan fingerprint density at radius 2 is 1.59 bits per heavy atom. The maximum absolute atomic E-state index is 13.1. The number of fused-ring (bicyclic) bond motifs is 2. The summed E-state index contributed by atoms with van der Waals surface area (Å²) in [4.78, 5) is 37.5. The average molecular weight is 562 g/mol. The first-order valence-electron chi connectivity index (χ1n) is 13.5. The number of carbonyl (C=O) groups excluding carboxylic acids is 3. The lowest BCUT2D eigenvalue weighted by Gasteiger charge is -2.30. The largest absolute Gasteiger partial charge is 0.490 e. The topological polar surface area (TPSA) is 101 Å². The van der Waals surface area contributed by atoms with E-state index in [0.717, 1.165) is 18.4 Å². The molecular formula is C32H35NO8. The normalized spacial score (nSPS) is 14.3. The number of aryl methyl sites for hydroxylation is 2. The molecule has 0 aromatic heterocycles. The van der Waals surface area contributed by atoms with E-state index in [2.05, 4.69) is 55.5 Å². The second kappa shape index (κ2) is 13.8. The van der Waals surface area contributed by atoms with Crippen molar-refractivity contribution in [2.45, 2.75) is 32.6 Å². The van der Waals surface area contributed by atoms with Crippen LogP contribution in [0.4, 0.5) is 0 Å². The third kappa shape index (κ3) is 7.24. The van der Waals surface area contributed by atoms with E-state index >= 15 is 0 Å². The predicted molar refractivity (Wildman–Crippen MR) is 152 cm³/mol. The van der Waals surface area contributed by atoms with E-state index in [4.69, 9.17) is 23.7 Å². The van der Waals surface area contributed by atoms with Crippen molar-refractivity contribution in [3.05, 3.63) is 82.9 Å². The number of hydrogen-bond acceptors (Lipinski definition) is 8. The molecule has 9 heteroatoms. The second-order valence-electron chi connectivity index (χ2n) is 9.73. The van der Waals surface area contributed by atoms with Crippen molar-refractivity contribution in [2.24, 2.45) is 0 Å². The Hall–Kier alpha value is -4.37. The van der Waals surface area contributed by atoms with Crippen LogP contribution in [-0.2, 0) is 20.7 Å². The summed E-state index contributed by atoms with van der Waals surface area (Å²) in [7, 11) is 2.78. The summed E-state index contributed by atoms with van der Waals surface area (Å²) in [6.45, 7) is 5.99. The van der Waals surface area contributed by atoms with Gasteiger partial charge >= 0.3 is 11.9 Å². The zero-order valence-electron chi connectivity index (χ0n) is 23.8. The van der Waals surface area contributed by atoms with E-state index in [1.807, 2.05) is 11.0 Å². The van der Waals surface area contributed by atoms with Gasteiger partial charge in [0.05, 0.1) is 33.4 Å². The molecular weight excluding hydrogens is 526 g/mol. The van der Waals surface area contributed by atoms with Crippen LogP contribution in [0, 0.1) is 6.92 Å². The minimum atomic E-state index is -0.599. The number of amides is 1. The first kappa shape index (κ1) is 29.6. The highest BCUT2D eigenvalue weighted by molar-refractivity contribution is 6.01. The second-order valence-corrected chi connectivity index (χ2v) is 9.73. The predicted octanol–water partition coefficient (Wildman–Crippen LogP) is 4.73. The van der Waals surface area contributed by atoms with Crippen LogP contribution in [0.3, 0.4) is 0 Å². The Kier molecular flexibility index (Phi) is 9.97. The summed E-state index contributed by atoms with van der Waals surface area (Å²) in [5, 5.41) is 0. The summed E-state index contributed by atoms with van der Waals surface area (Å²) in [5.74, 6) is -0.350. The Morgan fingerprint density at radius 3 is 2.20 bits per heavy atom. The number of methoxy groups -OCH3 is 2. The van der Waals surface area contributed by atoms with Crippen molar-refractivity contribution >= 4 is 17.8 Å². The van der Waals surface area contributed by atoms with Gasteiger partial charge < -0.3 is 28.6 Å². The lowest BCUT2D eigenvalue weighted by molar-refractivity contribution is -0.137. The van der Waals surface area contributed by atoms with Crippen LogP contribution in [0.2, 0.25) is 0 Å². The Morgan fingerprint density at radius 1 is 0.927 bits per heavy atom. The highest BCUT2D eigenvalue weighted by Crippen LogP contribution is 2.50. The number of carbonyl (C=O) groups is 3. The van der Waals surface area contributed by atoms with Crippen LogP contribution < -0.4 is 18.9 Å². The average Bonchev–Trinajstić information content (AvgIpc) is 3.33. The molecule has 1 unspecified atom stereocenters. The smallest absolute Gasteiger partial charge is 0.347 e. The zero-order chi connectivity index (χ0) is 29.4. The summed E-state index contributed by atoms with van der Waals surface area (Å²) in [5.41, 5.74) is 3.77. The van der Waals surface area contributed by atoms with Gasteiger partial charge in [-0.3, -0.25) is 9.59 Å². The number of hydrogen-bond donors (Lipinski definition) is 0. The fourth-order valence-electron chi connectivity index (χ4n) is 4.80. The molecule has 3 aromatic rings. The van der Waals surface area contributed by atoms with Crippen LogP contribution in [0.5, 0.6) is 23.0 Å². The number of nitrogens with zero attached hydrogens (tertiary/aromatic N) is 1. The van der Waals surface area contributed by atoms with Crippen molar-refractivity contribution in [3.63, 3.8) is 0 Å². The van der Waals surface area contributed by atoms with Gasteiger partial charge in [0.1, 0.15) is 5.56 Å². The Balaban J connectivity index is 0.000000201. The van der Waals surface area contributed by atoms with Crippen molar-refractivity contribution in [3.8, 4) is 23.0 Å². The maximum Gasteiger partial charge on any atom is 0.347 e. The molecule has 2 aliphatic heterocycles. The van der Waals surface area contributed by atoms with E-state index in [1.165, 1.54) is 38.3 Å². The van der Waals surface area contributed by atoms with Gasteiger partial charge in [0.15, 0.2) is 11.5 Å². The molecule has 0 N–H and O–H groups in total. The first-order valence-corrected chi connectivity index (χ1v) is 13.5. The summed E-state index contributed by atoms with van der Waals surface area (Å²) in [6.07, 6.45) is 1.75. The molecule has 2 bridgehead atoms. The molecule has 41 heavy (non-hydrogen) atoms. The molecule has 0 aliphatic carbocycles. The lowest BCUT2D eigenvalue weighted by Crippen LogP contribution is -2.43. The fourth-order valence-corrected chi connectivity index (χ4v) is 4.80. The fraction of sp³-hybridized carbons (Fsp3) is 0.344. The number of benzene rings is 3. The van der Waals surface area contributed by atoms with Gasteiger partial charge in [0.25, 0.3) is 0 Å². The van der Waals surface area contributed by atoms with Crippen molar-refractivity contribution in [1.29, 1.82) is 0 Å². The standard InChI is InChI=1S/C21H25NO2.C11H10O6/c1-17-7-10-19(11-8-17)20(12-9-18-5-3-2-4-6-18)21(23)22-13-15-24-16-14-22;1-5(12)16-8-6-4-7(17-11(6)13)9(14-2)10(8)15-3/h2-8,10-11,20H,9,12-16H2,1H3;4H,1-3H3. The molecule has 0 radical (unpaired) electrons.